The van der Waals surface area contributed by atoms with E-state index in [-0.39, 0.29) is 17.6 Å². The van der Waals surface area contributed by atoms with Crippen molar-refractivity contribution in [1.82, 2.24) is 0 Å². The smallest absolute Gasteiger partial charge is 0.298 e. The summed E-state index contributed by atoms with van der Waals surface area (Å²) in [6, 6.07) is 1.77. The Morgan fingerprint density at radius 3 is 2.40 bits per heavy atom. The zero-order chi connectivity index (χ0) is 11.6. The largest absolute Gasteiger partial charge is 0.507 e. The molecule has 1 rings (SSSR count). The Morgan fingerprint density at radius 1 is 1.40 bits per heavy atom. The number of carbonyl (C=O) groups is 1. The maximum atomic E-state index is 10.9. The molecule has 6 nitrogen and oxygen atoms in total. The molecule has 0 unspecified atom stereocenters. The molecule has 0 spiro atoms. The van der Waals surface area contributed by atoms with E-state index >= 15 is 0 Å². The van der Waals surface area contributed by atoms with Crippen LogP contribution >= 0.6 is 0 Å². The van der Waals surface area contributed by atoms with Gasteiger partial charge in [0.05, 0.1) is 12.7 Å². The van der Waals surface area contributed by atoms with Crippen LogP contribution in [-0.4, -0.2) is 31.5 Å². The van der Waals surface area contributed by atoms with Crippen LogP contribution in [0.4, 0.5) is 0 Å². The van der Waals surface area contributed by atoms with Crippen molar-refractivity contribution < 1.29 is 27.6 Å². The maximum absolute atomic E-state index is 10.9. The van der Waals surface area contributed by atoms with Gasteiger partial charge >= 0.3 is 0 Å². The first-order valence-electron chi connectivity index (χ1n) is 3.74. The van der Waals surface area contributed by atoms with Crippen LogP contribution in [0.3, 0.4) is 0 Å². The van der Waals surface area contributed by atoms with Gasteiger partial charge in [-0.3, -0.25) is 9.35 Å². The monoisotopic (exact) mass is 232 g/mol. The molecule has 15 heavy (non-hydrogen) atoms. The van der Waals surface area contributed by atoms with E-state index in [4.69, 9.17) is 4.55 Å². The molecule has 82 valence electrons. The van der Waals surface area contributed by atoms with Gasteiger partial charge in [-0.1, -0.05) is 0 Å². The van der Waals surface area contributed by atoms with Crippen molar-refractivity contribution in [2.75, 3.05) is 7.11 Å². The minimum atomic E-state index is -4.49. The third-order valence-electron chi connectivity index (χ3n) is 1.72. The van der Waals surface area contributed by atoms with Crippen LogP contribution in [0.15, 0.2) is 17.0 Å². The van der Waals surface area contributed by atoms with E-state index in [1.54, 1.807) is 0 Å². The predicted molar refractivity (Wildman–Crippen MR) is 49.9 cm³/mol. The molecule has 0 aliphatic heterocycles. The van der Waals surface area contributed by atoms with Crippen LogP contribution in [0.2, 0.25) is 0 Å². The van der Waals surface area contributed by atoms with Crippen molar-refractivity contribution in [3.63, 3.8) is 0 Å². The first kappa shape index (κ1) is 11.5. The van der Waals surface area contributed by atoms with Gasteiger partial charge in [-0.2, -0.15) is 8.42 Å². The average molecular weight is 232 g/mol. The fraction of sp³-hybridized carbons (Fsp3) is 0.125. The summed E-state index contributed by atoms with van der Waals surface area (Å²) in [6.07, 6.45) is 0.267. The molecule has 2 N–H and O–H groups in total. The molecular formula is C8H8O6S. The van der Waals surface area contributed by atoms with E-state index in [0.29, 0.717) is 0 Å². The van der Waals surface area contributed by atoms with Gasteiger partial charge in [-0.25, -0.2) is 0 Å². The number of ether oxygens (including phenoxy) is 1. The first-order valence-corrected chi connectivity index (χ1v) is 5.18. The number of phenols is 1. The molecular weight excluding hydrogens is 224 g/mol. The molecule has 0 aliphatic carbocycles. The SMILES string of the molecule is COc1cc(O)c(C=O)cc1S(=O)(=O)O. The molecule has 0 heterocycles. The van der Waals surface area contributed by atoms with Crippen LogP contribution < -0.4 is 4.74 Å². The van der Waals surface area contributed by atoms with E-state index in [1.165, 1.54) is 7.11 Å². The number of carbonyl (C=O) groups excluding carboxylic acids is 1. The zero-order valence-electron chi connectivity index (χ0n) is 7.67. The van der Waals surface area contributed by atoms with Crippen LogP contribution in [0, 0.1) is 0 Å². The standard InChI is InChI=1S/C8H8O6S/c1-14-7-3-6(10)5(4-9)2-8(7)15(11,12)13/h2-4,10H,1H3,(H,11,12,13). The summed E-state index contributed by atoms with van der Waals surface area (Å²) in [6.45, 7) is 0. The Morgan fingerprint density at radius 2 is 2.00 bits per heavy atom. The van der Waals surface area contributed by atoms with Gasteiger partial charge in [0.1, 0.15) is 16.4 Å². The summed E-state index contributed by atoms with van der Waals surface area (Å²) in [5, 5.41) is 9.22. The highest BCUT2D eigenvalue weighted by Crippen LogP contribution is 2.30. The van der Waals surface area contributed by atoms with Crippen LogP contribution in [-0.2, 0) is 10.1 Å². The van der Waals surface area contributed by atoms with Crippen LogP contribution in [0.5, 0.6) is 11.5 Å². The van der Waals surface area contributed by atoms with Crippen molar-refractivity contribution in [1.29, 1.82) is 0 Å². The molecule has 0 aliphatic rings. The minimum absolute atomic E-state index is 0.236. The van der Waals surface area contributed by atoms with E-state index in [0.717, 1.165) is 12.1 Å². The lowest BCUT2D eigenvalue weighted by atomic mass is 10.2. The van der Waals surface area contributed by atoms with Crippen molar-refractivity contribution in [2.45, 2.75) is 4.90 Å². The number of phenolic OH excluding ortho intramolecular Hbond substituents is 1. The fourth-order valence-corrected chi connectivity index (χ4v) is 1.69. The van der Waals surface area contributed by atoms with Crippen molar-refractivity contribution in [3.8, 4) is 11.5 Å². The lowest BCUT2D eigenvalue weighted by Gasteiger charge is -2.07. The van der Waals surface area contributed by atoms with E-state index in [1.807, 2.05) is 0 Å². The highest BCUT2D eigenvalue weighted by molar-refractivity contribution is 7.86. The summed E-state index contributed by atoms with van der Waals surface area (Å²) in [5.41, 5.74) is -0.247. The van der Waals surface area contributed by atoms with Crippen molar-refractivity contribution in [3.05, 3.63) is 17.7 Å². The van der Waals surface area contributed by atoms with Crippen LogP contribution in [0.25, 0.3) is 0 Å². The molecule has 0 atom stereocenters. The van der Waals surface area contributed by atoms with Gasteiger partial charge in [-0.15, -0.1) is 0 Å². The normalized spacial score (nSPS) is 11.1. The number of rotatable bonds is 3. The molecule has 0 aromatic heterocycles. The number of hydrogen-bond donors (Lipinski definition) is 2. The molecule has 0 bridgehead atoms. The number of benzene rings is 1. The fourth-order valence-electron chi connectivity index (χ4n) is 1.02. The second-order valence-electron chi connectivity index (χ2n) is 2.65. The van der Waals surface area contributed by atoms with Gasteiger partial charge < -0.3 is 9.84 Å². The molecule has 1 aromatic rings. The maximum Gasteiger partial charge on any atom is 0.298 e. The van der Waals surface area contributed by atoms with E-state index in [2.05, 4.69) is 4.74 Å². The summed E-state index contributed by atoms with van der Waals surface area (Å²) in [7, 11) is -3.32. The number of hydrogen-bond acceptors (Lipinski definition) is 5. The summed E-state index contributed by atoms with van der Waals surface area (Å²) in [5.74, 6) is -0.658. The topological polar surface area (TPSA) is 101 Å². The Bertz CT molecular complexity index is 490. The predicted octanol–water partition coefficient (Wildman–Crippen LogP) is 0.460. The lowest BCUT2D eigenvalue weighted by Crippen LogP contribution is -2.02. The average Bonchev–Trinajstić information content (AvgIpc) is 2.15. The lowest BCUT2D eigenvalue weighted by molar-refractivity contribution is 0.112. The third-order valence-corrected chi connectivity index (χ3v) is 2.59. The molecule has 7 heteroatoms. The Hall–Kier alpha value is -1.60. The molecule has 0 amide bonds. The first-order chi connectivity index (χ1) is 6.90. The number of methoxy groups -OCH3 is 1. The summed E-state index contributed by atoms with van der Waals surface area (Å²) >= 11 is 0. The molecule has 0 fully saturated rings. The van der Waals surface area contributed by atoms with E-state index < -0.39 is 20.8 Å². The van der Waals surface area contributed by atoms with Gasteiger partial charge in [0.2, 0.25) is 0 Å². The second-order valence-corrected chi connectivity index (χ2v) is 4.04. The Kier molecular flexibility index (Phi) is 2.96. The highest BCUT2D eigenvalue weighted by Gasteiger charge is 2.19. The summed E-state index contributed by atoms with van der Waals surface area (Å²) in [4.78, 5) is 9.86. The van der Waals surface area contributed by atoms with Gasteiger partial charge in [0.25, 0.3) is 10.1 Å². The molecule has 0 saturated heterocycles. The Balaban J connectivity index is 3.56. The second kappa shape index (κ2) is 3.87. The Labute approximate surface area is 85.9 Å². The third kappa shape index (κ3) is 2.25. The van der Waals surface area contributed by atoms with Crippen molar-refractivity contribution >= 4 is 16.4 Å². The molecule has 0 radical (unpaired) electrons. The molecule has 0 saturated carbocycles. The highest BCUT2D eigenvalue weighted by atomic mass is 32.2. The van der Waals surface area contributed by atoms with Gasteiger partial charge in [0, 0.05) is 6.07 Å². The number of aromatic hydroxyl groups is 1. The van der Waals surface area contributed by atoms with E-state index in [9.17, 15) is 18.3 Å². The van der Waals surface area contributed by atoms with Gasteiger partial charge in [-0.05, 0) is 6.07 Å². The summed E-state index contributed by atoms with van der Waals surface area (Å²) < 4.78 is 35.2. The number of aldehydes is 1. The molecule has 1 aromatic carbocycles. The van der Waals surface area contributed by atoms with Crippen LogP contribution in [0.1, 0.15) is 10.4 Å². The minimum Gasteiger partial charge on any atom is -0.507 e. The van der Waals surface area contributed by atoms with Crippen molar-refractivity contribution in [2.24, 2.45) is 0 Å². The van der Waals surface area contributed by atoms with Gasteiger partial charge in [0.15, 0.2) is 6.29 Å². The zero-order valence-corrected chi connectivity index (χ0v) is 8.48. The quantitative estimate of drug-likeness (QED) is 0.580.